The molecule has 0 unspecified atom stereocenters. The molecule has 0 bridgehead atoms. The maximum atomic E-state index is 13.7. The van der Waals surface area contributed by atoms with Gasteiger partial charge in [0.2, 0.25) is 26.6 Å². The van der Waals surface area contributed by atoms with Crippen molar-refractivity contribution < 1.29 is 31.8 Å². The molecule has 10 heteroatoms. The molecule has 0 fully saturated rings. The molecule has 4 aromatic rings. The first kappa shape index (κ1) is 23.6. The Bertz CT molecular complexity index is 1510. The molecule has 0 spiro atoms. The topological polar surface area (TPSA) is 109 Å². The minimum absolute atomic E-state index is 0.00543. The summed E-state index contributed by atoms with van der Waals surface area (Å²) >= 11 is 0. The van der Waals surface area contributed by atoms with Gasteiger partial charge < -0.3 is 28.7 Å². The van der Waals surface area contributed by atoms with Gasteiger partial charge in [0.15, 0.2) is 23.0 Å². The fourth-order valence-corrected chi connectivity index (χ4v) is 5.00. The Balaban J connectivity index is 1.62. The first-order valence-electron chi connectivity index (χ1n) is 11.1. The molecule has 2 heterocycles. The molecule has 0 amide bonds. The minimum Gasteiger partial charge on any atom is -0.493 e. The van der Waals surface area contributed by atoms with Gasteiger partial charge in [0, 0.05) is 17.3 Å². The van der Waals surface area contributed by atoms with Crippen LogP contribution in [-0.2, 0) is 9.84 Å². The van der Waals surface area contributed by atoms with E-state index in [0.717, 1.165) is 5.56 Å². The van der Waals surface area contributed by atoms with Crippen LogP contribution in [0.1, 0.15) is 5.56 Å². The van der Waals surface area contributed by atoms with Crippen molar-refractivity contribution in [2.45, 2.75) is 16.8 Å². The number of oxazole rings is 1. The fraction of sp³-hybridized carbons (Fsp3) is 0.192. The largest absolute Gasteiger partial charge is 0.493 e. The average molecular weight is 509 g/mol. The Hall–Kier alpha value is -4.18. The minimum atomic E-state index is -4.11. The molecule has 0 aliphatic carbocycles. The Labute approximate surface area is 208 Å². The summed E-state index contributed by atoms with van der Waals surface area (Å²) in [6.45, 7) is 2.71. The summed E-state index contributed by atoms with van der Waals surface area (Å²) < 4.78 is 55.2. The van der Waals surface area contributed by atoms with E-state index < -0.39 is 9.84 Å². The van der Waals surface area contributed by atoms with E-state index in [9.17, 15) is 8.42 Å². The van der Waals surface area contributed by atoms with Crippen LogP contribution in [0.3, 0.4) is 0 Å². The third kappa shape index (κ3) is 4.42. The van der Waals surface area contributed by atoms with E-state index in [1.165, 1.54) is 26.4 Å². The fourth-order valence-electron chi connectivity index (χ4n) is 3.73. The molecule has 1 aliphatic heterocycles. The van der Waals surface area contributed by atoms with Gasteiger partial charge in [-0.2, -0.15) is 4.98 Å². The quantitative estimate of drug-likeness (QED) is 0.368. The molecule has 5 rings (SSSR count). The third-order valence-electron chi connectivity index (χ3n) is 5.61. The number of aromatic nitrogens is 1. The predicted octanol–water partition coefficient (Wildman–Crippen LogP) is 5.01. The maximum absolute atomic E-state index is 13.7. The summed E-state index contributed by atoms with van der Waals surface area (Å²) in [6.07, 6.45) is 0. The number of aryl methyl sites for hydroxylation is 1. The lowest BCUT2D eigenvalue weighted by Crippen LogP contribution is -2.16. The molecule has 36 heavy (non-hydrogen) atoms. The van der Waals surface area contributed by atoms with Crippen LogP contribution in [0.15, 0.2) is 75.0 Å². The van der Waals surface area contributed by atoms with Crippen LogP contribution >= 0.6 is 0 Å². The van der Waals surface area contributed by atoms with Crippen molar-refractivity contribution >= 4 is 21.4 Å². The van der Waals surface area contributed by atoms with Crippen LogP contribution in [-0.4, -0.2) is 40.8 Å². The van der Waals surface area contributed by atoms with Crippen LogP contribution in [0.2, 0.25) is 0 Å². The molecule has 1 aromatic heterocycles. The van der Waals surface area contributed by atoms with E-state index in [2.05, 4.69) is 10.3 Å². The number of benzene rings is 3. The number of rotatable bonds is 7. The van der Waals surface area contributed by atoms with Crippen LogP contribution in [0.5, 0.6) is 23.0 Å². The highest BCUT2D eigenvalue weighted by molar-refractivity contribution is 7.91. The lowest BCUT2D eigenvalue weighted by molar-refractivity contribution is 0.171. The van der Waals surface area contributed by atoms with Crippen LogP contribution in [0.25, 0.3) is 11.5 Å². The number of nitrogens with one attached hydrogen (secondary N) is 1. The lowest BCUT2D eigenvalue weighted by atomic mass is 10.2. The first-order chi connectivity index (χ1) is 17.4. The van der Waals surface area contributed by atoms with Gasteiger partial charge in [-0.25, -0.2) is 8.42 Å². The first-order valence-corrected chi connectivity index (χ1v) is 12.6. The number of anilines is 2. The third-order valence-corrected chi connectivity index (χ3v) is 7.27. The van der Waals surface area contributed by atoms with E-state index in [-0.39, 0.29) is 21.7 Å². The van der Waals surface area contributed by atoms with Gasteiger partial charge in [-0.1, -0.05) is 17.7 Å². The van der Waals surface area contributed by atoms with Crippen molar-refractivity contribution in [1.29, 1.82) is 0 Å². The van der Waals surface area contributed by atoms with Gasteiger partial charge in [-0.3, -0.25) is 0 Å². The summed E-state index contributed by atoms with van der Waals surface area (Å²) in [6, 6.07) is 17.0. The van der Waals surface area contributed by atoms with Crippen LogP contribution in [0.4, 0.5) is 11.6 Å². The summed E-state index contributed by atoms with van der Waals surface area (Å²) in [5, 5.41) is 2.80. The second-order valence-corrected chi connectivity index (χ2v) is 9.89. The number of methoxy groups -OCH3 is 2. The summed E-state index contributed by atoms with van der Waals surface area (Å²) in [5.41, 5.74) is 2.23. The molecule has 1 aliphatic rings. The van der Waals surface area contributed by atoms with Gasteiger partial charge in [0.25, 0.3) is 0 Å². The average Bonchev–Trinajstić information content (AvgIpc) is 3.34. The van der Waals surface area contributed by atoms with E-state index in [1.807, 2.05) is 31.2 Å². The van der Waals surface area contributed by atoms with Crippen molar-refractivity contribution in [2.75, 3.05) is 32.8 Å². The zero-order valence-electron chi connectivity index (χ0n) is 19.9. The summed E-state index contributed by atoms with van der Waals surface area (Å²) in [4.78, 5) is 4.41. The molecule has 1 N–H and O–H groups in total. The standard InChI is InChI=1S/C26H24N2O7S/c1-16-4-7-18(8-5-16)27-25-26(28-24(35-25)17-6-10-20(31-2)22(14-17)32-3)36(29,30)19-9-11-21-23(15-19)34-13-12-33-21/h4-11,14-15,27H,12-13H2,1-3H3. The summed E-state index contributed by atoms with van der Waals surface area (Å²) in [5.74, 6) is 1.91. The second-order valence-electron chi connectivity index (χ2n) is 8.02. The molecule has 0 atom stereocenters. The lowest BCUT2D eigenvalue weighted by Gasteiger charge is -2.18. The van der Waals surface area contributed by atoms with Crippen molar-refractivity contribution in [1.82, 2.24) is 4.98 Å². The van der Waals surface area contributed by atoms with Crippen LogP contribution in [0, 0.1) is 6.92 Å². The molecular formula is C26H24N2O7S. The van der Waals surface area contributed by atoms with Crippen LogP contribution < -0.4 is 24.3 Å². The second kappa shape index (κ2) is 9.46. The van der Waals surface area contributed by atoms with Gasteiger partial charge in [-0.15, -0.1) is 0 Å². The molecule has 0 radical (unpaired) electrons. The number of hydrogen-bond donors (Lipinski definition) is 1. The highest BCUT2D eigenvalue weighted by atomic mass is 32.2. The zero-order chi connectivity index (χ0) is 25.3. The predicted molar refractivity (Wildman–Crippen MR) is 132 cm³/mol. The number of ether oxygens (including phenoxy) is 4. The van der Waals surface area contributed by atoms with E-state index in [4.69, 9.17) is 23.4 Å². The SMILES string of the molecule is COc1ccc(-c2nc(S(=O)(=O)c3ccc4c(c3)OCCO4)c(Nc3ccc(C)cc3)o2)cc1OC. The molecule has 186 valence electrons. The van der Waals surface area contributed by atoms with E-state index in [1.54, 1.807) is 24.3 Å². The number of nitrogens with zero attached hydrogens (tertiary/aromatic N) is 1. The van der Waals surface area contributed by atoms with Gasteiger partial charge >= 0.3 is 0 Å². The Morgan fingerprint density at radius 1 is 0.861 bits per heavy atom. The van der Waals surface area contributed by atoms with E-state index in [0.29, 0.717) is 47.5 Å². The Kier molecular flexibility index (Phi) is 6.19. The highest BCUT2D eigenvalue weighted by Crippen LogP contribution is 2.39. The number of sulfone groups is 1. The zero-order valence-corrected chi connectivity index (χ0v) is 20.7. The van der Waals surface area contributed by atoms with E-state index >= 15 is 0 Å². The van der Waals surface area contributed by atoms with Crippen molar-refractivity contribution in [2.24, 2.45) is 0 Å². The normalized spacial score (nSPS) is 12.8. The molecule has 0 saturated heterocycles. The van der Waals surface area contributed by atoms with Gasteiger partial charge in [0.1, 0.15) is 13.2 Å². The Morgan fingerprint density at radius 3 is 2.31 bits per heavy atom. The number of hydrogen-bond acceptors (Lipinski definition) is 9. The maximum Gasteiger partial charge on any atom is 0.238 e. The monoisotopic (exact) mass is 508 g/mol. The number of fused-ring (bicyclic) bond motifs is 1. The van der Waals surface area contributed by atoms with Crippen molar-refractivity contribution in [3.8, 4) is 34.5 Å². The van der Waals surface area contributed by atoms with Crippen molar-refractivity contribution in [3.63, 3.8) is 0 Å². The Morgan fingerprint density at radius 2 is 1.58 bits per heavy atom. The molecule has 0 saturated carbocycles. The molecule has 9 nitrogen and oxygen atoms in total. The molecular weight excluding hydrogens is 484 g/mol. The van der Waals surface area contributed by atoms with Gasteiger partial charge in [-0.05, 0) is 49.4 Å². The summed E-state index contributed by atoms with van der Waals surface area (Å²) in [7, 11) is -1.06. The van der Waals surface area contributed by atoms with Crippen molar-refractivity contribution in [3.05, 3.63) is 66.2 Å². The smallest absolute Gasteiger partial charge is 0.238 e. The molecule has 3 aromatic carbocycles. The van der Waals surface area contributed by atoms with Gasteiger partial charge in [0.05, 0.1) is 19.1 Å². The highest BCUT2D eigenvalue weighted by Gasteiger charge is 2.30.